The van der Waals surface area contributed by atoms with Gasteiger partial charge in [0.15, 0.2) is 0 Å². The van der Waals surface area contributed by atoms with Gasteiger partial charge in [0.1, 0.15) is 11.4 Å². The lowest BCUT2D eigenvalue weighted by Gasteiger charge is -2.33. The van der Waals surface area contributed by atoms with Crippen molar-refractivity contribution in [2.45, 2.75) is 73.0 Å². The number of aromatic nitrogens is 1. The zero-order valence-electron chi connectivity index (χ0n) is 15.0. The van der Waals surface area contributed by atoms with Crippen LogP contribution in [-0.2, 0) is 11.2 Å². The second-order valence-electron chi connectivity index (χ2n) is 7.18. The van der Waals surface area contributed by atoms with Gasteiger partial charge in [-0.3, -0.25) is 0 Å². The standard InChI is InChI=1S/C17H30N2O3/c1-8-19(16(20)21-17(5,6)7)15(9-12(2)3)11-14-10-13(4)22-18-14/h10,12,15H,8-9,11H2,1-7H3/t15-/m0/s1. The largest absolute Gasteiger partial charge is 0.444 e. The Morgan fingerprint density at radius 3 is 2.45 bits per heavy atom. The minimum Gasteiger partial charge on any atom is -0.444 e. The lowest BCUT2D eigenvalue weighted by atomic mass is 9.98. The van der Waals surface area contributed by atoms with E-state index >= 15 is 0 Å². The molecule has 0 bridgehead atoms. The highest BCUT2D eigenvalue weighted by Crippen LogP contribution is 2.20. The molecule has 1 rings (SSSR count). The zero-order valence-corrected chi connectivity index (χ0v) is 15.0. The molecule has 1 aromatic rings. The molecular weight excluding hydrogens is 280 g/mol. The second-order valence-corrected chi connectivity index (χ2v) is 7.18. The molecule has 1 atom stereocenters. The molecule has 0 N–H and O–H groups in total. The van der Waals surface area contributed by atoms with Gasteiger partial charge >= 0.3 is 6.09 Å². The smallest absolute Gasteiger partial charge is 0.410 e. The average Bonchev–Trinajstić information content (AvgIpc) is 2.72. The van der Waals surface area contributed by atoms with E-state index in [4.69, 9.17) is 9.26 Å². The number of carbonyl (C=O) groups is 1. The van der Waals surface area contributed by atoms with Crippen LogP contribution in [0.15, 0.2) is 10.6 Å². The number of nitrogens with zero attached hydrogens (tertiary/aromatic N) is 2. The monoisotopic (exact) mass is 310 g/mol. The molecule has 5 heteroatoms. The first kappa shape index (κ1) is 18.5. The van der Waals surface area contributed by atoms with Crippen LogP contribution in [0.4, 0.5) is 4.79 Å². The van der Waals surface area contributed by atoms with Crippen molar-refractivity contribution in [3.05, 3.63) is 17.5 Å². The highest BCUT2D eigenvalue weighted by atomic mass is 16.6. The van der Waals surface area contributed by atoms with Gasteiger partial charge in [-0.1, -0.05) is 19.0 Å². The van der Waals surface area contributed by atoms with Gasteiger partial charge in [-0.15, -0.1) is 0 Å². The maximum atomic E-state index is 12.5. The molecule has 0 unspecified atom stereocenters. The molecule has 0 saturated carbocycles. The molecule has 0 aliphatic rings. The molecule has 0 radical (unpaired) electrons. The molecule has 126 valence electrons. The SMILES string of the molecule is CCN(C(=O)OC(C)(C)C)[C@H](Cc1cc(C)on1)CC(C)C. The van der Waals surface area contributed by atoms with E-state index in [1.807, 2.05) is 40.7 Å². The third-order valence-electron chi connectivity index (χ3n) is 3.27. The summed E-state index contributed by atoms with van der Waals surface area (Å²) >= 11 is 0. The van der Waals surface area contributed by atoms with E-state index < -0.39 is 5.60 Å². The van der Waals surface area contributed by atoms with Gasteiger partial charge in [-0.25, -0.2) is 4.79 Å². The molecule has 22 heavy (non-hydrogen) atoms. The van der Waals surface area contributed by atoms with Crippen LogP contribution in [-0.4, -0.2) is 34.3 Å². The number of likely N-dealkylation sites (N-methyl/N-ethyl adjacent to an activating group) is 1. The van der Waals surface area contributed by atoms with E-state index in [1.165, 1.54) is 0 Å². The normalized spacial score (nSPS) is 13.3. The van der Waals surface area contributed by atoms with Crippen LogP contribution < -0.4 is 0 Å². The molecule has 0 aliphatic heterocycles. The van der Waals surface area contributed by atoms with Crippen molar-refractivity contribution in [1.82, 2.24) is 10.1 Å². The molecule has 0 aromatic carbocycles. The van der Waals surface area contributed by atoms with Crippen molar-refractivity contribution in [2.75, 3.05) is 6.54 Å². The van der Waals surface area contributed by atoms with Crippen molar-refractivity contribution in [3.63, 3.8) is 0 Å². The number of aryl methyl sites for hydroxylation is 1. The fourth-order valence-corrected chi connectivity index (χ4v) is 2.48. The first-order valence-corrected chi connectivity index (χ1v) is 8.04. The third kappa shape index (κ3) is 6.08. The van der Waals surface area contributed by atoms with Crippen LogP contribution in [0.25, 0.3) is 0 Å². The van der Waals surface area contributed by atoms with Gasteiger partial charge in [-0.05, 0) is 47.0 Å². The van der Waals surface area contributed by atoms with E-state index in [1.54, 1.807) is 4.90 Å². The summed E-state index contributed by atoms with van der Waals surface area (Å²) in [6.07, 6.45) is 1.32. The first-order valence-electron chi connectivity index (χ1n) is 8.04. The van der Waals surface area contributed by atoms with Crippen molar-refractivity contribution in [2.24, 2.45) is 5.92 Å². The van der Waals surface area contributed by atoms with Gasteiger partial charge in [0.2, 0.25) is 0 Å². The van der Waals surface area contributed by atoms with Crippen molar-refractivity contribution in [1.29, 1.82) is 0 Å². The summed E-state index contributed by atoms with van der Waals surface area (Å²) in [5, 5.41) is 4.06. The fraction of sp³-hybridized carbons (Fsp3) is 0.765. The predicted octanol–water partition coefficient (Wildman–Crippen LogP) is 4.20. The van der Waals surface area contributed by atoms with Crippen LogP contribution in [0.2, 0.25) is 0 Å². The lowest BCUT2D eigenvalue weighted by molar-refractivity contribution is 0.0152. The number of rotatable bonds is 6. The summed E-state index contributed by atoms with van der Waals surface area (Å²) in [6, 6.07) is 1.99. The Kier molecular flexibility index (Phi) is 6.45. The van der Waals surface area contributed by atoms with Crippen LogP contribution in [0, 0.1) is 12.8 Å². The van der Waals surface area contributed by atoms with E-state index in [-0.39, 0.29) is 12.1 Å². The number of hydrogen-bond acceptors (Lipinski definition) is 4. The lowest BCUT2D eigenvalue weighted by Crippen LogP contribution is -2.45. The van der Waals surface area contributed by atoms with Gasteiger partial charge in [0.05, 0.1) is 5.69 Å². The molecule has 5 nitrogen and oxygen atoms in total. The number of amides is 1. The van der Waals surface area contributed by atoms with Crippen LogP contribution in [0.5, 0.6) is 0 Å². The van der Waals surface area contributed by atoms with Gasteiger partial charge in [0, 0.05) is 25.1 Å². The summed E-state index contributed by atoms with van der Waals surface area (Å²) in [4.78, 5) is 14.3. The zero-order chi connectivity index (χ0) is 16.9. The summed E-state index contributed by atoms with van der Waals surface area (Å²) in [6.45, 7) is 14.4. The van der Waals surface area contributed by atoms with Crippen LogP contribution in [0.3, 0.4) is 0 Å². The number of ether oxygens (including phenoxy) is 1. The highest BCUT2D eigenvalue weighted by molar-refractivity contribution is 5.68. The second kappa shape index (κ2) is 7.65. The topological polar surface area (TPSA) is 55.6 Å². The Labute approximate surface area is 134 Å². The summed E-state index contributed by atoms with van der Waals surface area (Å²) in [7, 11) is 0. The average molecular weight is 310 g/mol. The molecule has 0 aliphatic carbocycles. The summed E-state index contributed by atoms with van der Waals surface area (Å²) in [5.41, 5.74) is 0.391. The highest BCUT2D eigenvalue weighted by Gasteiger charge is 2.28. The molecular formula is C17H30N2O3. The van der Waals surface area contributed by atoms with E-state index in [0.29, 0.717) is 18.9 Å². The van der Waals surface area contributed by atoms with Gasteiger partial charge in [-0.2, -0.15) is 0 Å². The van der Waals surface area contributed by atoms with Crippen LogP contribution in [0.1, 0.15) is 59.4 Å². The fourth-order valence-electron chi connectivity index (χ4n) is 2.48. The summed E-state index contributed by atoms with van der Waals surface area (Å²) in [5.74, 6) is 1.27. The maximum absolute atomic E-state index is 12.5. The first-order chi connectivity index (χ1) is 10.1. The van der Waals surface area contributed by atoms with E-state index in [2.05, 4.69) is 19.0 Å². The summed E-state index contributed by atoms with van der Waals surface area (Å²) < 4.78 is 10.7. The van der Waals surface area contributed by atoms with E-state index in [0.717, 1.165) is 17.9 Å². The number of hydrogen-bond donors (Lipinski definition) is 0. The minimum absolute atomic E-state index is 0.0596. The Balaban J connectivity index is 2.88. The van der Waals surface area contributed by atoms with Crippen molar-refractivity contribution >= 4 is 6.09 Å². The Morgan fingerprint density at radius 1 is 1.41 bits per heavy atom. The Bertz CT molecular complexity index is 474. The molecule has 0 fully saturated rings. The molecule has 0 spiro atoms. The Hall–Kier alpha value is -1.52. The van der Waals surface area contributed by atoms with Gasteiger partial charge < -0.3 is 14.2 Å². The molecule has 1 heterocycles. The van der Waals surface area contributed by atoms with E-state index in [9.17, 15) is 4.79 Å². The van der Waals surface area contributed by atoms with Crippen LogP contribution >= 0.6 is 0 Å². The van der Waals surface area contributed by atoms with Gasteiger partial charge in [0.25, 0.3) is 0 Å². The maximum Gasteiger partial charge on any atom is 0.410 e. The molecule has 1 aromatic heterocycles. The van der Waals surface area contributed by atoms with Crippen molar-refractivity contribution in [3.8, 4) is 0 Å². The van der Waals surface area contributed by atoms with Crippen molar-refractivity contribution < 1.29 is 14.1 Å². The predicted molar refractivity (Wildman–Crippen MR) is 86.8 cm³/mol. The molecule has 0 saturated heterocycles. The minimum atomic E-state index is -0.489. The quantitative estimate of drug-likeness (QED) is 0.790. The Morgan fingerprint density at radius 2 is 2.05 bits per heavy atom. The third-order valence-corrected chi connectivity index (χ3v) is 3.27. The number of carbonyl (C=O) groups excluding carboxylic acids is 1. The molecule has 1 amide bonds.